The second-order valence-corrected chi connectivity index (χ2v) is 7.65. The number of benzene rings is 2. The van der Waals surface area contributed by atoms with E-state index in [4.69, 9.17) is 9.88 Å². The van der Waals surface area contributed by atoms with E-state index in [1.54, 1.807) is 0 Å². The number of primary sulfonamides is 1. The van der Waals surface area contributed by atoms with Gasteiger partial charge in [-0.1, -0.05) is 24.3 Å². The number of nitrogens with two attached hydrogens (primary N) is 1. The van der Waals surface area contributed by atoms with Crippen molar-refractivity contribution in [2.45, 2.75) is 17.9 Å². The molecule has 8 nitrogen and oxygen atoms in total. The lowest BCUT2D eigenvalue weighted by Crippen LogP contribution is -2.39. The lowest BCUT2D eigenvalue weighted by molar-refractivity contribution is -0.385. The van der Waals surface area contributed by atoms with E-state index in [0.717, 1.165) is 17.2 Å². The highest BCUT2D eigenvalue weighted by molar-refractivity contribution is 7.89. The molecule has 0 bridgehead atoms. The molecule has 0 aliphatic carbocycles. The van der Waals surface area contributed by atoms with E-state index < -0.39 is 14.9 Å². The van der Waals surface area contributed by atoms with Crippen LogP contribution in [0.15, 0.2) is 47.4 Å². The first-order valence-corrected chi connectivity index (χ1v) is 9.55. The van der Waals surface area contributed by atoms with Crippen LogP contribution in [0.1, 0.15) is 17.2 Å². The largest absolute Gasteiger partial charge is 0.370 e. The first-order valence-electron chi connectivity index (χ1n) is 8.00. The van der Waals surface area contributed by atoms with Gasteiger partial charge in [0, 0.05) is 25.2 Å². The molecule has 1 saturated heterocycles. The SMILES string of the molecule is Cc1ccccc1C1CN(c2ccc([N+](=O)[O-])cc2S(N)(=O)=O)CCO1. The van der Waals surface area contributed by atoms with Crippen LogP contribution < -0.4 is 10.0 Å². The fraction of sp³-hybridized carbons (Fsp3) is 0.294. The standard InChI is InChI=1S/C17H19N3O5S/c1-12-4-2-3-5-14(12)16-11-19(8-9-25-16)15-7-6-13(20(21)22)10-17(15)26(18,23)24/h2-7,10,16H,8-9,11H2,1H3,(H2,18,23,24). The van der Waals surface area contributed by atoms with Crippen molar-refractivity contribution in [3.8, 4) is 0 Å². The van der Waals surface area contributed by atoms with E-state index in [1.165, 1.54) is 12.1 Å². The van der Waals surface area contributed by atoms with Gasteiger partial charge < -0.3 is 9.64 Å². The number of anilines is 1. The van der Waals surface area contributed by atoms with Crippen LogP contribution in [0.5, 0.6) is 0 Å². The zero-order chi connectivity index (χ0) is 18.9. The minimum Gasteiger partial charge on any atom is -0.370 e. The number of hydrogen-bond acceptors (Lipinski definition) is 6. The number of non-ortho nitro benzene ring substituents is 1. The molecule has 0 saturated carbocycles. The monoisotopic (exact) mass is 377 g/mol. The predicted octanol–water partition coefficient (Wildman–Crippen LogP) is 2.13. The van der Waals surface area contributed by atoms with Crippen LogP contribution >= 0.6 is 0 Å². The Kier molecular flexibility index (Phi) is 4.94. The molecule has 1 fully saturated rings. The molecular formula is C17H19N3O5S. The lowest BCUT2D eigenvalue weighted by atomic mass is 10.0. The topological polar surface area (TPSA) is 116 Å². The summed E-state index contributed by atoms with van der Waals surface area (Å²) in [5, 5.41) is 16.3. The van der Waals surface area contributed by atoms with Gasteiger partial charge in [-0.2, -0.15) is 0 Å². The van der Waals surface area contributed by atoms with Crippen molar-refractivity contribution in [2.24, 2.45) is 5.14 Å². The molecule has 26 heavy (non-hydrogen) atoms. The van der Waals surface area contributed by atoms with Crippen molar-refractivity contribution in [1.82, 2.24) is 0 Å². The summed E-state index contributed by atoms with van der Waals surface area (Å²) in [5.41, 5.74) is 2.13. The molecule has 1 aliphatic rings. The fourth-order valence-electron chi connectivity index (χ4n) is 3.11. The Balaban J connectivity index is 1.98. The highest BCUT2D eigenvalue weighted by Crippen LogP contribution is 2.33. The van der Waals surface area contributed by atoms with Crippen molar-refractivity contribution >= 4 is 21.4 Å². The van der Waals surface area contributed by atoms with E-state index in [9.17, 15) is 18.5 Å². The molecule has 2 aromatic rings. The maximum absolute atomic E-state index is 12.0. The maximum atomic E-state index is 12.0. The minimum atomic E-state index is -4.12. The third-order valence-electron chi connectivity index (χ3n) is 4.40. The van der Waals surface area contributed by atoms with Gasteiger partial charge in [-0.25, -0.2) is 13.6 Å². The van der Waals surface area contributed by atoms with Gasteiger partial charge >= 0.3 is 0 Å². The summed E-state index contributed by atoms with van der Waals surface area (Å²) in [6.07, 6.45) is -0.228. The minimum absolute atomic E-state index is 0.228. The number of rotatable bonds is 4. The van der Waals surface area contributed by atoms with Crippen LogP contribution in [-0.2, 0) is 14.8 Å². The van der Waals surface area contributed by atoms with Crippen LogP contribution in [0.25, 0.3) is 0 Å². The summed E-state index contributed by atoms with van der Waals surface area (Å²) in [6.45, 7) is 3.27. The van der Waals surface area contributed by atoms with Crippen molar-refractivity contribution < 1.29 is 18.1 Å². The van der Waals surface area contributed by atoms with E-state index in [-0.39, 0.29) is 16.7 Å². The summed E-state index contributed by atoms with van der Waals surface area (Å²) in [6, 6.07) is 11.5. The number of nitrogens with zero attached hydrogens (tertiary/aromatic N) is 2. The smallest absolute Gasteiger partial charge is 0.270 e. The molecule has 0 radical (unpaired) electrons. The van der Waals surface area contributed by atoms with Crippen LogP contribution in [-0.4, -0.2) is 33.0 Å². The van der Waals surface area contributed by atoms with Gasteiger partial charge in [-0.15, -0.1) is 0 Å². The third-order valence-corrected chi connectivity index (χ3v) is 5.34. The molecule has 1 heterocycles. The molecule has 0 spiro atoms. The first kappa shape index (κ1) is 18.3. The second kappa shape index (κ2) is 7.02. The summed E-state index contributed by atoms with van der Waals surface area (Å²) in [7, 11) is -4.12. The van der Waals surface area contributed by atoms with Gasteiger partial charge in [0.1, 0.15) is 11.0 Å². The van der Waals surface area contributed by atoms with Crippen molar-refractivity contribution in [1.29, 1.82) is 0 Å². The molecule has 0 amide bonds. The summed E-state index contributed by atoms with van der Waals surface area (Å²) in [5.74, 6) is 0. The summed E-state index contributed by atoms with van der Waals surface area (Å²) in [4.78, 5) is 11.9. The maximum Gasteiger partial charge on any atom is 0.270 e. The molecule has 3 rings (SSSR count). The second-order valence-electron chi connectivity index (χ2n) is 6.12. The molecule has 1 atom stereocenters. The molecular weight excluding hydrogens is 358 g/mol. The Bertz CT molecular complexity index is 945. The Morgan fingerprint density at radius 3 is 2.65 bits per heavy atom. The molecule has 1 aliphatic heterocycles. The average Bonchev–Trinajstić information content (AvgIpc) is 2.61. The summed E-state index contributed by atoms with van der Waals surface area (Å²) >= 11 is 0. The van der Waals surface area contributed by atoms with E-state index in [0.29, 0.717) is 25.4 Å². The van der Waals surface area contributed by atoms with Crippen molar-refractivity contribution in [2.75, 3.05) is 24.6 Å². The van der Waals surface area contributed by atoms with E-state index in [2.05, 4.69) is 0 Å². The Labute approximate surface area is 151 Å². The highest BCUT2D eigenvalue weighted by atomic mass is 32.2. The lowest BCUT2D eigenvalue weighted by Gasteiger charge is -2.36. The van der Waals surface area contributed by atoms with Crippen molar-refractivity contribution in [3.05, 3.63) is 63.7 Å². The Hall–Kier alpha value is -2.49. The number of hydrogen-bond donors (Lipinski definition) is 1. The first-order chi connectivity index (χ1) is 12.3. The van der Waals surface area contributed by atoms with Crippen LogP contribution in [0.3, 0.4) is 0 Å². The fourth-order valence-corrected chi connectivity index (χ4v) is 3.88. The molecule has 9 heteroatoms. The van der Waals surface area contributed by atoms with Gasteiger partial charge in [0.15, 0.2) is 0 Å². The molecule has 138 valence electrons. The normalized spacial score (nSPS) is 17.9. The van der Waals surface area contributed by atoms with Gasteiger partial charge in [-0.3, -0.25) is 10.1 Å². The summed E-state index contributed by atoms with van der Waals surface area (Å²) < 4.78 is 29.8. The third kappa shape index (κ3) is 3.69. The van der Waals surface area contributed by atoms with Crippen LogP contribution in [0, 0.1) is 17.0 Å². The molecule has 0 aromatic heterocycles. The zero-order valence-corrected chi connectivity index (χ0v) is 15.0. The van der Waals surface area contributed by atoms with Gasteiger partial charge in [-0.05, 0) is 24.1 Å². The van der Waals surface area contributed by atoms with E-state index in [1.807, 2.05) is 36.1 Å². The molecule has 1 unspecified atom stereocenters. The van der Waals surface area contributed by atoms with Gasteiger partial charge in [0.25, 0.3) is 5.69 Å². The highest BCUT2D eigenvalue weighted by Gasteiger charge is 2.28. The number of aryl methyl sites for hydroxylation is 1. The number of morpholine rings is 1. The number of sulfonamides is 1. The van der Waals surface area contributed by atoms with Gasteiger partial charge in [0.2, 0.25) is 10.0 Å². The number of nitro benzene ring substituents is 1. The number of nitro groups is 1. The Morgan fingerprint density at radius 2 is 2.00 bits per heavy atom. The Morgan fingerprint density at radius 1 is 1.27 bits per heavy atom. The zero-order valence-electron chi connectivity index (χ0n) is 14.2. The molecule has 2 aromatic carbocycles. The molecule has 2 N–H and O–H groups in total. The van der Waals surface area contributed by atoms with Crippen molar-refractivity contribution in [3.63, 3.8) is 0 Å². The average molecular weight is 377 g/mol. The van der Waals surface area contributed by atoms with Crippen LogP contribution in [0.2, 0.25) is 0 Å². The van der Waals surface area contributed by atoms with E-state index >= 15 is 0 Å². The van der Waals surface area contributed by atoms with Gasteiger partial charge in [0.05, 0.1) is 17.2 Å². The van der Waals surface area contributed by atoms with Crippen LogP contribution in [0.4, 0.5) is 11.4 Å². The quantitative estimate of drug-likeness (QED) is 0.644. The predicted molar refractivity (Wildman–Crippen MR) is 96.6 cm³/mol. The number of ether oxygens (including phenoxy) is 1.